The van der Waals surface area contributed by atoms with Gasteiger partial charge in [0.15, 0.2) is 0 Å². The van der Waals surface area contributed by atoms with Gasteiger partial charge < -0.3 is 4.90 Å². The SMILES string of the molecule is O=C(C1CC1C1CCCCC1)N1CCCC(n2cncn2)C1. The number of likely N-dealkylation sites (tertiary alicyclic amines) is 1. The molecule has 5 heteroatoms. The summed E-state index contributed by atoms with van der Waals surface area (Å²) in [6.07, 6.45) is 13.6. The van der Waals surface area contributed by atoms with E-state index >= 15 is 0 Å². The zero-order valence-corrected chi connectivity index (χ0v) is 13.2. The van der Waals surface area contributed by atoms with Crippen molar-refractivity contribution < 1.29 is 4.79 Å². The van der Waals surface area contributed by atoms with Crippen LogP contribution >= 0.6 is 0 Å². The van der Waals surface area contributed by atoms with Gasteiger partial charge in [0.1, 0.15) is 12.7 Å². The Morgan fingerprint density at radius 3 is 2.73 bits per heavy atom. The van der Waals surface area contributed by atoms with Crippen LogP contribution < -0.4 is 0 Å². The van der Waals surface area contributed by atoms with Gasteiger partial charge in [-0.2, -0.15) is 5.10 Å². The maximum atomic E-state index is 12.8. The number of amides is 1. The van der Waals surface area contributed by atoms with Crippen LogP contribution in [0.2, 0.25) is 0 Å². The lowest BCUT2D eigenvalue weighted by atomic mass is 9.85. The molecule has 1 saturated heterocycles. The van der Waals surface area contributed by atoms with Gasteiger partial charge >= 0.3 is 0 Å². The van der Waals surface area contributed by atoms with Gasteiger partial charge in [-0.05, 0) is 31.1 Å². The molecule has 3 fully saturated rings. The van der Waals surface area contributed by atoms with Crippen molar-refractivity contribution in [3.05, 3.63) is 12.7 Å². The van der Waals surface area contributed by atoms with Crippen molar-refractivity contribution in [2.45, 2.75) is 57.4 Å². The third-order valence-corrected chi connectivity index (χ3v) is 5.93. The van der Waals surface area contributed by atoms with Gasteiger partial charge in [0.05, 0.1) is 6.04 Å². The molecule has 22 heavy (non-hydrogen) atoms. The summed E-state index contributed by atoms with van der Waals surface area (Å²) in [5.41, 5.74) is 0. The first-order valence-corrected chi connectivity index (χ1v) is 8.96. The molecule has 1 aromatic rings. The highest BCUT2D eigenvalue weighted by atomic mass is 16.2. The van der Waals surface area contributed by atoms with Crippen LogP contribution in [0.15, 0.2) is 12.7 Å². The molecule has 4 rings (SSSR count). The van der Waals surface area contributed by atoms with E-state index in [9.17, 15) is 4.79 Å². The number of nitrogens with zero attached hydrogens (tertiary/aromatic N) is 4. The second-order valence-electron chi connectivity index (χ2n) is 7.36. The predicted octanol–water partition coefficient (Wildman–Crippen LogP) is 2.66. The highest BCUT2D eigenvalue weighted by Crippen LogP contribution is 2.50. The topological polar surface area (TPSA) is 51.0 Å². The number of rotatable bonds is 3. The first-order valence-electron chi connectivity index (χ1n) is 8.96. The smallest absolute Gasteiger partial charge is 0.226 e. The number of carbonyl (C=O) groups is 1. The predicted molar refractivity (Wildman–Crippen MR) is 83.0 cm³/mol. The summed E-state index contributed by atoms with van der Waals surface area (Å²) in [6.45, 7) is 1.74. The lowest BCUT2D eigenvalue weighted by Gasteiger charge is -2.33. The normalized spacial score (nSPS) is 32.9. The fourth-order valence-electron chi connectivity index (χ4n) is 4.59. The van der Waals surface area contributed by atoms with Gasteiger partial charge in [-0.1, -0.05) is 32.1 Å². The van der Waals surface area contributed by atoms with Crippen molar-refractivity contribution in [3.8, 4) is 0 Å². The minimum atomic E-state index is 0.312. The van der Waals surface area contributed by atoms with Crippen LogP contribution in [-0.2, 0) is 4.79 Å². The Hall–Kier alpha value is -1.39. The first-order chi connectivity index (χ1) is 10.8. The number of aromatic nitrogens is 3. The second kappa shape index (κ2) is 6.01. The summed E-state index contributed by atoms with van der Waals surface area (Å²) in [6, 6.07) is 0.312. The fraction of sp³-hybridized carbons (Fsp3) is 0.824. The molecule has 2 heterocycles. The van der Waals surface area contributed by atoms with Crippen molar-refractivity contribution in [2.75, 3.05) is 13.1 Å². The molecule has 3 atom stereocenters. The Bertz CT molecular complexity index is 509. The average Bonchev–Trinajstić information content (AvgIpc) is 3.19. The van der Waals surface area contributed by atoms with Crippen molar-refractivity contribution in [1.82, 2.24) is 19.7 Å². The molecule has 0 aromatic carbocycles. The molecule has 0 bridgehead atoms. The molecular formula is C17H26N4O. The van der Waals surface area contributed by atoms with Crippen molar-refractivity contribution in [1.29, 1.82) is 0 Å². The van der Waals surface area contributed by atoms with Gasteiger partial charge in [-0.25, -0.2) is 9.67 Å². The molecule has 0 N–H and O–H groups in total. The lowest BCUT2D eigenvalue weighted by Crippen LogP contribution is -2.42. The van der Waals surface area contributed by atoms with Crippen LogP contribution in [0, 0.1) is 17.8 Å². The molecule has 0 radical (unpaired) electrons. The number of piperidine rings is 1. The summed E-state index contributed by atoms with van der Waals surface area (Å²) >= 11 is 0. The average molecular weight is 302 g/mol. The van der Waals surface area contributed by atoms with Crippen molar-refractivity contribution >= 4 is 5.91 Å². The molecule has 5 nitrogen and oxygen atoms in total. The monoisotopic (exact) mass is 302 g/mol. The number of carbonyl (C=O) groups excluding carboxylic acids is 1. The highest BCUT2D eigenvalue weighted by molar-refractivity contribution is 5.81. The minimum absolute atomic E-state index is 0.312. The van der Waals surface area contributed by atoms with E-state index in [4.69, 9.17) is 0 Å². The summed E-state index contributed by atoms with van der Waals surface area (Å²) in [5, 5.41) is 4.25. The van der Waals surface area contributed by atoms with E-state index in [-0.39, 0.29) is 0 Å². The Balaban J connectivity index is 1.35. The van der Waals surface area contributed by atoms with E-state index in [1.807, 2.05) is 4.68 Å². The summed E-state index contributed by atoms with van der Waals surface area (Å²) in [5.74, 6) is 2.27. The minimum Gasteiger partial charge on any atom is -0.340 e. The zero-order chi connectivity index (χ0) is 14.9. The Kier molecular flexibility index (Phi) is 3.89. The standard InChI is InChI=1S/C17H26N4O/c22-17(16-9-15(16)13-5-2-1-3-6-13)20-8-4-7-14(10-20)21-12-18-11-19-21/h11-16H,1-10H2. The van der Waals surface area contributed by atoms with Crippen LogP contribution in [0.25, 0.3) is 0 Å². The largest absolute Gasteiger partial charge is 0.340 e. The molecule has 2 saturated carbocycles. The first kappa shape index (κ1) is 14.2. The quantitative estimate of drug-likeness (QED) is 0.862. The molecule has 120 valence electrons. The Morgan fingerprint density at radius 1 is 1.09 bits per heavy atom. The maximum Gasteiger partial charge on any atom is 0.226 e. The molecule has 0 spiro atoms. The van der Waals surface area contributed by atoms with Gasteiger partial charge in [-0.15, -0.1) is 0 Å². The summed E-state index contributed by atoms with van der Waals surface area (Å²) in [7, 11) is 0. The van der Waals surface area contributed by atoms with Gasteiger partial charge in [0.25, 0.3) is 0 Å². The van der Waals surface area contributed by atoms with Gasteiger partial charge in [0.2, 0.25) is 5.91 Å². The molecular weight excluding hydrogens is 276 g/mol. The summed E-state index contributed by atoms with van der Waals surface area (Å²) < 4.78 is 1.92. The highest BCUT2D eigenvalue weighted by Gasteiger charge is 2.49. The van der Waals surface area contributed by atoms with Crippen LogP contribution in [-0.4, -0.2) is 38.7 Å². The summed E-state index contributed by atoms with van der Waals surface area (Å²) in [4.78, 5) is 18.9. The van der Waals surface area contributed by atoms with E-state index in [1.54, 1.807) is 12.7 Å². The molecule has 1 aromatic heterocycles. The van der Waals surface area contributed by atoms with E-state index < -0.39 is 0 Å². The van der Waals surface area contributed by atoms with E-state index in [0.29, 0.717) is 23.8 Å². The third-order valence-electron chi connectivity index (χ3n) is 5.93. The molecule has 1 aliphatic heterocycles. The van der Waals surface area contributed by atoms with Crippen LogP contribution in [0.3, 0.4) is 0 Å². The molecule has 3 aliphatic rings. The lowest BCUT2D eigenvalue weighted by molar-refractivity contribution is -0.134. The van der Waals surface area contributed by atoms with Gasteiger partial charge in [0, 0.05) is 19.0 Å². The van der Waals surface area contributed by atoms with E-state index in [2.05, 4.69) is 15.0 Å². The Labute approximate surface area is 132 Å². The van der Waals surface area contributed by atoms with Crippen molar-refractivity contribution in [2.24, 2.45) is 17.8 Å². The van der Waals surface area contributed by atoms with Crippen LogP contribution in [0.1, 0.15) is 57.4 Å². The van der Waals surface area contributed by atoms with Crippen LogP contribution in [0.5, 0.6) is 0 Å². The van der Waals surface area contributed by atoms with Crippen LogP contribution in [0.4, 0.5) is 0 Å². The molecule has 3 unspecified atom stereocenters. The molecule has 1 amide bonds. The molecule has 2 aliphatic carbocycles. The van der Waals surface area contributed by atoms with Crippen molar-refractivity contribution in [3.63, 3.8) is 0 Å². The zero-order valence-electron chi connectivity index (χ0n) is 13.2. The number of hydrogen-bond acceptors (Lipinski definition) is 3. The third kappa shape index (κ3) is 2.77. The maximum absolute atomic E-state index is 12.8. The van der Waals surface area contributed by atoms with E-state index in [1.165, 1.54) is 32.1 Å². The second-order valence-corrected chi connectivity index (χ2v) is 7.36. The van der Waals surface area contributed by atoms with E-state index in [0.717, 1.165) is 38.3 Å². The van der Waals surface area contributed by atoms with Gasteiger partial charge in [-0.3, -0.25) is 4.79 Å². The fourth-order valence-corrected chi connectivity index (χ4v) is 4.59. The Morgan fingerprint density at radius 2 is 1.95 bits per heavy atom. The number of hydrogen-bond donors (Lipinski definition) is 0.